The van der Waals surface area contributed by atoms with E-state index in [9.17, 15) is 18.0 Å². The number of amides is 2. The van der Waals surface area contributed by atoms with E-state index in [2.05, 4.69) is 4.72 Å². The molecule has 2 aromatic carbocycles. The van der Waals surface area contributed by atoms with Gasteiger partial charge in [-0.15, -0.1) is 0 Å². The Bertz CT molecular complexity index is 906. The Morgan fingerprint density at radius 1 is 0.926 bits per heavy atom. The number of nitrogens with zero attached hydrogens (tertiary/aromatic N) is 1. The first-order valence-electron chi connectivity index (χ1n) is 8.86. The summed E-state index contributed by atoms with van der Waals surface area (Å²) in [5, 5.41) is 0. The summed E-state index contributed by atoms with van der Waals surface area (Å²) in [5.41, 5.74) is 1.80. The highest BCUT2D eigenvalue weighted by molar-refractivity contribution is 7.89. The minimum Gasteiger partial charge on any atom is -0.273 e. The summed E-state index contributed by atoms with van der Waals surface area (Å²) < 4.78 is 27.0. The summed E-state index contributed by atoms with van der Waals surface area (Å²) >= 11 is 0. The molecule has 142 valence electrons. The average molecular weight is 386 g/mol. The average Bonchev–Trinajstić information content (AvgIpc) is 2.91. The molecule has 0 spiro atoms. The van der Waals surface area contributed by atoms with Crippen molar-refractivity contribution in [2.75, 3.05) is 18.8 Å². The van der Waals surface area contributed by atoms with E-state index in [4.69, 9.17) is 0 Å². The second-order valence-corrected chi connectivity index (χ2v) is 8.55. The quantitative estimate of drug-likeness (QED) is 0.706. The van der Waals surface area contributed by atoms with Gasteiger partial charge >= 0.3 is 0 Å². The van der Waals surface area contributed by atoms with Gasteiger partial charge in [0.25, 0.3) is 11.8 Å². The predicted molar refractivity (Wildman–Crippen MR) is 103 cm³/mol. The van der Waals surface area contributed by atoms with Gasteiger partial charge in [0.05, 0.1) is 16.9 Å². The van der Waals surface area contributed by atoms with Gasteiger partial charge in [-0.2, -0.15) is 0 Å². The molecule has 0 aliphatic carbocycles. The van der Waals surface area contributed by atoms with Crippen LogP contribution in [-0.2, 0) is 10.0 Å². The Hall–Kier alpha value is -2.51. The van der Waals surface area contributed by atoms with Crippen molar-refractivity contribution < 1.29 is 18.0 Å². The molecule has 0 fully saturated rings. The minimum absolute atomic E-state index is 0.157. The van der Waals surface area contributed by atoms with E-state index in [1.54, 1.807) is 24.3 Å². The van der Waals surface area contributed by atoms with Crippen LogP contribution in [0.2, 0.25) is 0 Å². The largest absolute Gasteiger partial charge is 0.273 e. The number of carbonyl (C=O) groups excluding carboxylic acids is 2. The lowest BCUT2D eigenvalue weighted by Crippen LogP contribution is -2.38. The van der Waals surface area contributed by atoms with Crippen LogP contribution in [-0.4, -0.2) is 44.0 Å². The van der Waals surface area contributed by atoms with Crippen LogP contribution in [0.25, 0.3) is 0 Å². The fourth-order valence-corrected chi connectivity index (χ4v) is 4.10. The van der Waals surface area contributed by atoms with Crippen LogP contribution in [0.3, 0.4) is 0 Å². The molecule has 1 heterocycles. The predicted octanol–water partition coefficient (Wildman–Crippen LogP) is 2.40. The van der Waals surface area contributed by atoms with E-state index in [1.807, 2.05) is 37.3 Å². The molecule has 1 aliphatic rings. The molecular weight excluding hydrogens is 364 g/mol. The molecule has 1 aliphatic heterocycles. The Labute approximate surface area is 159 Å². The molecule has 0 saturated heterocycles. The summed E-state index contributed by atoms with van der Waals surface area (Å²) in [4.78, 5) is 25.5. The fourth-order valence-electron chi connectivity index (χ4n) is 3.11. The Kier molecular flexibility index (Phi) is 5.72. The molecule has 1 N–H and O–H groups in total. The Balaban J connectivity index is 1.51. The van der Waals surface area contributed by atoms with E-state index in [0.717, 1.165) is 10.5 Å². The van der Waals surface area contributed by atoms with Crippen molar-refractivity contribution in [1.82, 2.24) is 9.62 Å². The standard InChI is InChI=1S/C20H22N2O4S/c1-15(16-7-3-2-4-8-16)11-12-21-27(25,26)14-13-22-19(23)17-9-5-6-10-18(17)20(22)24/h2-10,15,21H,11-14H2,1H3. The van der Waals surface area contributed by atoms with Gasteiger partial charge < -0.3 is 0 Å². The van der Waals surface area contributed by atoms with Crippen LogP contribution in [0, 0.1) is 0 Å². The smallest absolute Gasteiger partial charge is 0.261 e. The maximum absolute atomic E-state index is 12.3. The minimum atomic E-state index is -3.58. The van der Waals surface area contributed by atoms with E-state index in [0.29, 0.717) is 24.1 Å². The zero-order valence-electron chi connectivity index (χ0n) is 15.1. The summed E-state index contributed by atoms with van der Waals surface area (Å²) in [6, 6.07) is 16.4. The lowest BCUT2D eigenvalue weighted by Gasteiger charge is -2.15. The molecule has 2 aromatic rings. The third kappa shape index (κ3) is 4.43. The molecule has 0 saturated carbocycles. The molecule has 7 heteroatoms. The lowest BCUT2D eigenvalue weighted by atomic mass is 9.98. The molecule has 0 radical (unpaired) electrons. The molecule has 2 amide bonds. The summed E-state index contributed by atoms with van der Waals surface area (Å²) in [7, 11) is -3.58. The SMILES string of the molecule is CC(CCNS(=O)(=O)CCN1C(=O)c2ccccc2C1=O)c1ccccc1. The van der Waals surface area contributed by atoms with Crippen LogP contribution in [0.5, 0.6) is 0 Å². The van der Waals surface area contributed by atoms with Crippen LogP contribution in [0.4, 0.5) is 0 Å². The number of hydrogen-bond acceptors (Lipinski definition) is 4. The monoisotopic (exact) mass is 386 g/mol. The highest BCUT2D eigenvalue weighted by atomic mass is 32.2. The molecule has 1 atom stereocenters. The number of imide groups is 1. The number of benzene rings is 2. The summed E-state index contributed by atoms with van der Waals surface area (Å²) in [6.45, 7) is 2.19. The van der Waals surface area contributed by atoms with Crippen LogP contribution >= 0.6 is 0 Å². The van der Waals surface area contributed by atoms with Gasteiger partial charge in [0.2, 0.25) is 10.0 Å². The molecule has 27 heavy (non-hydrogen) atoms. The highest BCUT2D eigenvalue weighted by Gasteiger charge is 2.35. The van der Waals surface area contributed by atoms with Crippen molar-refractivity contribution in [3.8, 4) is 0 Å². The first-order chi connectivity index (χ1) is 12.9. The van der Waals surface area contributed by atoms with Crippen molar-refractivity contribution >= 4 is 21.8 Å². The third-order valence-electron chi connectivity index (χ3n) is 4.73. The molecular formula is C20H22N2O4S. The van der Waals surface area contributed by atoms with Gasteiger partial charge in [-0.1, -0.05) is 49.4 Å². The normalized spacial score (nSPS) is 15.1. The molecule has 0 bridgehead atoms. The second kappa shape index (κ2) is 8.02. The first kappa shape index (κ1) is 19.3. The fraction of sp³-hybridized carbons (Fsp3) is 0.300. The van der Waals surface area contributed by atoms with Crippen molar-refractivity contribution in [2.24, 2.45) is 0 Å². The van der Waals surface area contributed by atoms with Crippen molar-refractivity contribution in [3.63, 3.8) is 0 Å². The van der Waals surface area contributed by atoms with Gasteiger partial charge in [0.15, 0.2) is 0 Å². The Morgan fingerprint density at radius 3 is 2.07 bits per heavy atom. The van der Waals surface area contributed by atoms with Gasteiger partial charge in [0, 0.05) is 13.1 Å². The number of fused-ring (bicyclic) bond motifs is 1. The summed E-state index contributed by atoms with van der Waals surface area (Å²) in [5.74, 6) is -0.963. The highest BCUT2D eigenvalue weighted by Crippen LogP contribution is 2.22. The maximum atomic E-state index is 12.3. The van der Waals surface area contributed by atoms with Crippen LogP contribution in [0.1, 0.15) is 45.5 Å². The molecule has 3 rings (SSSR count). The number of nitrogens with one attached hydrogen (secondary N) is 1. The zero-order chi connectivity index (χ0) is 19.4. The Morgan fingerprint density at radius 2 is 1.48 bits per heavy atom. The van der Waals surface area contributed by atoms with Crippen LogP contribution < -0.4 is 4.72 Å². The van der Waals surface area contributed by atoms with Gasteiger partial charge in [-0.05, 0) is 30.0 Å². The van der Waals surface area contributed by atoms with Gasteiger partial charge in [0.1, 0.15) is 0 Å². The van der Waals surface area contributed by atoms with Crippen molar-refractivity contribution in [2.45, 2.75) is 19.3 Å². The van der Waals surface area contributed by atoms with E-state index < -0.39 is 21.8 Å². The van der Waals surface area contributed by atoms with E-state index >= 15 is 0 Å². The molecule has 0 aromatic heterocycles. The zero-order valence-corrected chi connectivity index (χ0v) is 15.9. The van der Waals surface area contributed by atoms with E-state index in [-0.39, 0.29) is 18.2 Å². The number of sulfonamides is 1. The molecule has 1 unspecified atom stereocenters. The molecule has 6 nitrogen and oxygen atoms in total. The topological polar surface area (TPSA) is 83.6 Å². The second-order valence-electron chi connectivity index (χ2n) is 6.62. The third-order valence-corrected chi connectivity index (χ3v) is 6.09. The van der Waals surface area contributed by atoms with E-state index in [1.165, 1.54) is 0 Å². The van der Waals surface area contributed by atoms with Crippen molar-refractivity contribution in [1.29, 1.82) is 0 Å². The lowest BCUT2D eigenvalue weighted by molar-refractivity contribution is 0.0664. The number of rotatable bonds is 8. The first-order valence-corrected chi connectivity index (χ1v) is 10.5. The van der Waals surface area contributed by atoms with Gasteiger partial charge in [-0.3, -0.25) is 14.5 Å². The summed E-state index contributed by atoms with van der Waals surface area (Å²) in [6.07, 6.45) is 0.663. The number of carbonyl (C=O) groups is 2. The maximum Gasteiger partial charge on any atom is 0.261 e. The van der Waals surface area contributed by atoms with Crippen LogP contribution in [0.15, 0.2) is 54.6 Å². The van der Waals surface area contributed by atoms with Gasteiger partial charge in [-0.25, -0.2) is 13.1 Å². The number of hydrogen-bond donors (Lipinski definition) is 1. The van der Waals surface area contributed by atoms with Crippen molar-refractivity contribution in [3.05, 3.63) is 71.3 Å².